The molecule has 3 aromatic heterocycles. The van der Waals surface area contributed by atoms with Gasteiger partial charge >= 0.3 is 0 Å². The first-order valence-corrected chi connectivity index (χ1v) is 11.2. The Kier molecular flexibility index (Phi) is 6.26. The van der Waals surface area contributed by atoms with E-state index in [4.69, 9.17) is 0 Å². The van der Waals surface area contributed by atoms with Crippen molar-refractivity contribution >= 4 is 22.8 Å². The third-order valence-electron chi connectivity index (χ3n) is 5.14. The number of nitrogens with one attached hydrogen (secondary N) is 1. The summed E-state index contributed by atoms with van der Waals surface area (Å²) >= 11 is -1.13. The maximum atomic E-state index is 13.1. The van der Waals surface area contributed by atoms with E-state index < -0.39 is 17.8 Å². The molecule has 0 saturated carbocycles. The van der Waals surface area contributed by atoms with Crippen molar-refractivity contribution in [3.05, 3.63) is 36.4 Å². The standard InChI is InChI=1S/C19H20F2N8OS/c1-31(30)26-7-13-4-12(6-22)9-28(10-13)18-5-15(24-11-25-18)16-8-23-17-3-2-14(19(20)21)27-29(16)17/h2-3,5,8,11-13,19,26H,4,7,9-10H2,1H3. The molecule has 3 unspecified atom stereocenters. The lowest BCUT2D eigenvalue weighted by molar-refractivity contribution is 0.144. The van der Waals surface area contributed by atoms with Crippen molar-refractivity contribution in [3.8, 4) is 17.5 Å². The summed E-state index contributed by atoms with van der Waals surface area (Å²) < 4.78 is 41.8. The van der Waals surface area contributed by atoms with Crippen molar-refractivity contribution in [1.29, 1.82) is 5.26 Å². The highest BCUT2D eigenvalue weighted by molar-refractivity contribution is 7.88. The normalized spacial score (nSPS) is 20.2. The minimum atomic E-state index is -2.69. The van der Waals surface area contributed by atoms with Crippen LogP contribution in [0.3, 0.4) is 0 Å². The first-order chi connectivity index (χ1) is 14.9. The third kappa shape index (κ3) is 4.73. The number of nitriles is 1. The summed E-state index contributed by atoms with van der Waals surface area (Å²) in [5.41, 5.74) is 1.03. The quantitative estimate of drug-likeness (QED) is 0.571. The van der Waals surface area contributed by atoms with Crippen LogP contribution in [0.15, 0.2) is 30.7 Å². The van der Waals surface area contributed by atoms with Gasteiger partial charge in [-0.3, -0.25) is 0 Å². The zero-order valence-corrected chi connectivity index (χ0v) is 17.5. The Balaban J connectivity index is 1.63. The second-order valence-corrected chi connectivity index (χ2v) is 8.57. The predicted octanol–water partition coefficient (Wildman–Crippen LogP) is 1.97. The maximum absolute atomic E-state index is 13.1. The smallest absolute Gasteiger partial charge is 0.282 e. The van der Waals surface area contributed by atoms with E-state index >= 15 is 0 Å². The molecule has 9 nitrogen and oxygen atoms in total. The minimum Gasteiger partial charge on any atom is -0.598 e. The number of aromatic nitrogens is 5. The summed E-state index contributed by atoms with van der Waals surface area (Å²) in [6, 6.07) is 6.79. The molecule has 0 spiro atoms. The van der Waals surface area contributed by atoms with Crippen LogP contribution < -0.4 is 9.62 Å². The summed E-state index contributed by atoms with van der Waals surface area (Å²) in [4.78, 5) is 14.8. The maximum Gasteiger partial charge on any atom is 0.282 e. The second kappa shape index (κ2) is 9.09. The Morgan fingerprint density at radius 1 is 1.32 bits per heavy atom. The highest BCUT2D eigenvalue weighted by atomic mass is 32.2. The van der Waals surface area contributed by atoms with Crippen molar-refractivity contribution in [2.45, 2.75) is 12.8 Å². The summed E-state index contributed by atoms with van der Waals surface area (Å²) in [6.45, 7) is 1.68. The molecular weight excluding hydrogens is 426 g/mol. The number of hydrogen-bond donors (Lipinski definition) is 1. The molecule has 4 rings (SSSR count). The number of halogens is 2. The monoisotopic (exact) mass is 446 g/mol. The summed E-state index contributed by atoms with van der Waals surface area (Å²) in [6.07, 6.45) is 2.51. The van der Waals surface area contributed by atoms with Crippen molar-refractivity contribution in [2.75, 3.05) is 30.8 Å². The van der Waals surface area contributed by atoms with E-state index in [0.717, 1.165) is 0 Å². The van der Waals surface area contributed by atoms with Crippen molar-refractivity contribution in [1.82, 2.24) is 29.3 Å². The fraction of sp³-hybridized carbons (Fsp3) is 0.421. The number of imidazole rings is 1. The Bertz CT molecular complexity index is 1100. The zero-order chi connectivity index (χ0) is 22.0. The molecule has 3 aromatic rings. The Hall–Kier alpha value is -2.88. The number of nitrogens with zero attached hydrogens (tertiary/aromatic N) is 7. The van der Waals surface area contributed by atoms with Gasteiger partial charge < -0.3 is 9.45 Å². The molecular formula is C19H20F2N8OS. The first kappa shape index (κ1) is 21.4. The van der Waals surface area contributed by atoms with Crippen LogP contribution in [0.5, 0.6) is 0 Å². The molecule has 1 fully saturated rings. The van der Waals surface area contributed by atoms with Gasteiger partial charge in [-0.1, -0.05) is 0 Å². The van der Waals surface area contributed by atoms with Gasteiger partial charge in [-0.15, -0.1) is 4.72 Å². The summed E-state index contributed by atoms with van der Waals surface area (Å²) in [5, 5.41) is 13.5. The molecule has 0 amide bonds. The molecule has 1 aliphatic heterocycles. The van der Waals surface area contributed by atoms with Crippen LogP contribution in [-0.4, -0.2) is 55.0 Å². The number of anilines is 1. The molecule has 31 heavy (non-hydrogen) atoms. The first-order valence-electron chi connectivity index (χ1n) is 9.61. The van der Waals surface area contributed by atoms with Crippen LogP contribution >= 0.6 is 0 Å². The Morgan fingerprint density at radius 3 is 2.90 bits per heavy atom. The van der Waals surface area contributed by atoms with Crippen LogP contribution in [0, 0.1) is 23.2 Å². The summed E-state index contributed by atoms with van der Waals surface area (Å²) in [5.74, 6) is 0.564. The minimum absolute atomic E-state index is 0.131. The number of alkyl halides is 2. The fourth-order valence-corrected chi connectivity index (χ4v) is 4.18. The largest absolute Gasteiger partial charge is 0.598 e. The van der Waals surface area contributed by atoms with E-state index in [2.05, 4.69) is 30.8 Å². The second-order valence-electron chi connectivity index (χ2n) is 7.37. The van der Waals surface area contributed by atoms with E-state index in [1.807, 2.05) is 4.90 Å². The predicted molar refractivity (Wildman–Crippen MR) is 110 cm³/mol. The van der Waals surface area contributed by atoms with E-state index in [-0.39, 0.29) is 17.5 Å². The molecule has 4 heterocycles. The van der Waals surface area contributed by atoms with Gasteiger partial charge in [0.1, 0.15) is 29.8 Å². The number of rotatable bonds is 6. The molecule has 162 valence electrons. The fourth-order valence-electron chi connectivity index (χ4n) is 3.71. The molecule has 0 aromatic carbocycles. The zero-order valence-electron chi connectivity index (χ0n) is 16.7. The van der Waals surface area contributed by atoms with E-state index in [0.29, 0.717) is 48.9 Å². The molecule has 0 bridgehead atoms. The highest BCUT2D eigenvalue weighted by Gasteiger charge is 2.29. The van der Waals surface area contributed by atoms with E-state index in [9.17, 15) is 18.6 Å². The SMILES string of the molecule is C[S+]([O-])NCC1CC(C#N)CN(c2cc(-c3cnc4ccc(C(F)F)nn34)ncn2)C1. The Morgan fingerprint density at radius 2 is 2.16 bits per heavy atom. The number of hydrogen-bond acceptors (Lipinski definition) is 8. The van der Waals surface area contributed by atoms with Gasteiger partial charge in [0.15, 0.2) is 5.65 Å². The lowest BCUT2D eigenvalue weighted by atomic mass is 9.90. The highest BCUT2D eigenvalue weighted by Crippen LogP contribution is 2.28. The van der Waals surface area contributed by atoms with Gasteiger partial charge in [0.05, 0.1) is 23.9 Å². The van der Waals surface area contributed by atoms with Crippen molar-refractivity contribution < 1.29 is 13.3 Å². The molecule has 0 radical (unpaired) electrons. The molecule has 1 aliphatic rings. The average molecular weight is 446 g/mol. The number of piperidine rings is 1. The van der Waals surface area contributed by atoms with Gasteiger partial charge in [0.2, 0.25) is 0 Å². The van der Waals surface area contributed by atoms with Crippen LogP contribution in [-0.2, 0) is 11.4 Å². The number of fused-ring (bicyclic) bond motifs is 1. The molecule has 1 saturated heterocycles. The summed E-state index contributed by atoms with van der Waals surface area (Å²) in [7, 11) is 0. The molecule has 0 aliphatic carbocycles. The molecule has 1 N–H and O–H groups in total. The van der Waals surface area contributed by atoms with Crippen LogP contribution in [0.4, 0.5) is 14.6 Å². The van der Waals surface area contributed by atoms with Gasteiger partial charge in [-0.2, -0.15) is 10.4 Å². The average Bonchev–Trinajstić information content (AvgIpc) is 3.20. The van der Waals surface area contributed by atoms with Crippen molar-refractivity contribution in [3.63, 3.8) is 0 Å². The molecule has 12 heteroatoms. The van der Waals surface area contributed by atoms with E-state index in [1.54, 1.807) is 12.3 Å². The van der Waals surface area contributed by atoms with Crippen LogP contribution in [0.1, 0.15) is 18.5 Å². The van der Waals surface area contributed by atoms with Gasteiger partial charge in [-0.05, 0) is 24.5 Å². The van der Waals surface area contributed by atoms with Gasteiger partial charge in [0, 0.05) is 37.1 Å². The van der Waals surface area contributed by atoms with Crippen LogP contribution in [0.2, 0.25) is 0 Å². The van der Waals surface area contributed by atoms with Gasteiger partial charge in [0.25, 0.3) is 6.43 Å². The third-order valence-corrected chi connectivity index (χ3v) is 5.71. The lowest BCUT2D eigenvalue weighted by Crippen LogP contribution is -2.44. The Labute approximate surface area is 180 Å². The van der Waals surface area contributed by atoms with E-state index in [1.165, 1.54) is 29.2 Å². The van der Waals surface area contributed by atoms with Crippen molar-refractivity contribution in [2.24, 2.45) is 11.8 Å². The van der Waals surface area contributed by atoms with Crippen LogP contribution in [0.25, 0.3) is 17.0 Å². The topological polar surface area (TPSA) is 118 Å². The lowest BCUT2D eigenvalue weighted by Gasteiger charge is -2.36. The van der Waals surface area contributed by atoms with Gasteiger partial charge in [-0.25, -0.2) is 28.2 Å². The molecule has 3 atom stereocenters.